The lowest BCUT2D eigenvalue weighted by atomic mass is 10.1. The summed E-state index contributed by atoms with van der Waals surface area (Å²) in [5.41, 5.74) is 7.74. The monoisotopic (exact) mass is 284 g/mol. The zero-order valence-electron chi connectivity index (χ0n) is 11.0. The zero-order chi connectivity index (χ0) is 13.5. The van der Waals surface area contributed by atoms with Gasteiger partial charge in [-0.15, -0.1) is 11.8 Å². The summed E-state index contributed by atoms with van der Waals surface area (Å²) in [5, 5.41) is 3.39. The molecule has 1 aromatic carbocycles. The van der Waals surface area contributed by atoms with E-state index in [2.05, 4.69) is 12.2 Å². The van der Waals surface area contributed by atoms with E-state index in [-0.39, 0.29) is 0 Å². The molecule has 5 heteroatoms. The molecule has 3 N–H and O–H groups in total. The number of benzene rings is 1. The predicted molar refractivity (Wildman–Crippen MR) is 83.6 cm³/mol. The van der Waals surface area contributed by atoms with Gasteiger partial charge in [-0.05, 0) is 24.3 Å². The van der Waals surface area contributed by atoms with Crippen LogP contribution in [0, 0.1) is 5.92 Å². The Morgan fingerprint density at radius 1 is 1.56 bits per heavy atom. The Kier molecular flexibility index (Phi) is 6.46. The first-order valence-electron chi connectivity index (χ1n) is 5.79. The quantitative estimate of drug-likeness (QED) is 0.595. The van der Waals surface area contributed by atoms with Crippen molar-refractivity contribution in [1.82, 2.24) is 0 Å². The van der Waals surface area contributed by atoms with Gasteiger partial charge in [-0.2, -0.15) is 0 Å². The average molecular weight is 284 g/mol. The number of ether oxygens (including phenoxy) is 1. The van der Waals surface area contributed by atoms with E-state index in [0.29, 0.717) is 10.9 Å². The van der Waals surface area contributed by atoms with E-state index >= 15 is 0 Å². The number of thiocarbonyl (C=S) groups is 1. The summed E-state index contributed by atoms with van der Waals surface area (Å²) in [6.45, 7) is 3.70. The fourth-order valence-electron chi connectivity index (χ4n) is 1.73. The molecule has 0 radical (unpaired) electrons. The van der Waals surface area contributed by atoms with Crippen LogP contribution in [0.5, 0.6) is 0 Å². The molecule has 0 bridgehead atoms. The van der Waals surface area contributed by atoms with Crippen LogP contribution in [0.2, 0.25) is 0 Å². The molecule has 0 aliphatic carbocycles. The standard InChI is InChI=1S/C13H20N2OS2/c1-9(8-16-2)7-15-10-5-4-6-11(18-3)12(10)13(14)17/h4-6,9,15H,7-8H2,1-3H3,(H2,14,17). The van der Waals surface area contributed by atoms with Crippen molar-refractivity contribution >= 4 is 34.7 Å². The molecule has 0 aliphatic heterocycles. The molecular formula is C13H20N2OS2. The highest BCUT2D eigenvalue weighted by Gasteiger charge is 2.11. The van der Waals surface area contributed by atoms with Gasteiger partial charge in [0.2, 0.25) is 0 Å². The predicted octanol–water partition coefficient (Wildman–Crippen LogP) is 2.74. The first-order valence-corrected chi connectivity index (χ1v) is 7.43. The molecule has 0 aliphatic rings. The van der Waals surface area contributed by atoms with E-state index in [9.17, 15) is 0 Å². The third kappa shape index (κ3) is 4.15. The normalized spacial score (nSPS) is 12.2. The maximum Gasteiger partial charge on any atom is 0.107 e. The van der Waals surface area contributed by atoms with Gasteiger partial charge in [-0.25, -0.2) is 0 Å². The lowest BCUT2D eigenvalue weighted by Gasteiger charge is -2.17. The molecule has 0 heterocycles. The summed E-state index contributed by atoms with van der Waals surface area (Å²) in [6, 6.07) is 6.05. The number of hydrogen-bond donors (Lipinski definition) is 2. The summed E-state index contributed by atoms with van der Waals surface area (Å²) >= 11 is 6.78. The first-order chi connectivity index (χ1) is 8.60. The molecule has 0 amide bonds. The molecular weight excluding hydrogens is 264 g/mol. The minimum Gasteiger partial charge on any atom is -0.389 e. The number of thioether (sulfide) groups is 1. The summed E-state index contributed by atoms with van der Waals surface area (Å²) in [5.74, 6) is 0.437. The van der Waals surface area contributed by atoms with Crippen LogP contribution < -0.4 is 11.1 Å². The number of rotatable bonds is 7. The lowest BCUT2D eigenvalue weighted by Crippen LogP contribution is -2.19. The molecule has 0 saturated heterocycles. The minimum atomic E-state index is 0.432. The molecule has 0 spiro atoms. The molecule has 0 aromatic heterocycles. The van der Waals surface area contributed by atoms with Crippen LogP contribution in [0.15, 0.2) is 23.1 Å². The highest BCUT2D eigenvalue weighted by atomic mass is 32.2. The van der Waals surface area contributed by atoms with Crippen molar-refractivity contribution in [3.05, 3.63) is 23.8 Å². The van der Waals surface area contributed by atoms with E-state index in [0.717, 1.165) is 29.3 Å². The van der Waals surface area contributed by atoms with Crippen molar-refractivity contribution < 1.29 is 4.74 Å². The van der Waals surface area contributed by atoms with Crippen LogP contribution in [0.4, 0.5) is 5.69 Å². The largest absolute Gasteiger partial charge is 0.389 e. The second-order valence-electron chi connectivity index (χ2n) is 4.19. The Labute approximate surface area is 118 Å². The van der Waals surface area contributed by atoms with Crippen molar-refractivity contribution in [3.8, 4) is 0 Å². The summed E-state index contributed by atoms with van der Waals surface area (Å²) < 4.78 is 5.12. The third-order valence-electron chi connectivity index (χ3n) is 2.58. The Morgan fingerprint density at radius 2 is 2.28 bits per heavy atom. The van der Waals surface area contributed by atoms with Crippen LogP contribution in [-0.2, 0) is 4.74 Å². The first kappa shape index (κ1) is 15.3. The van der Waals surface area contributed by atoms with E-state index in [1.807, 2.05) is 24.5 Å². The van der Waals surface area contributed by atoms with Gasteiger partial charge >= 0.3 is 0 Å². The Morgan fingerprint density at radius 3 is 2.83 bits per heavy atom. The SMILES string of the molecule is COCC(C)CNc1cccc(SC)c1C(N)=S. The third-order valence-corrected chi connectivity index (χ3v) is 3.57. The van der Waals surface area contributed by atoms with Gasteiger partial charge in [0.05, 0.1) is 6.61 Å². The number of anilines is 1. The Balaban J connectivity index is 2.85. The van der Waals surface area contributed by atoms with Crippen molar-refractivity contribution in [1.29, 1.82) is 0 Å². The summed E-state index contributed by atoms with van der Waals surface area (Å²) in [4.78, 5) is 1.54. The molecule has 1 rings (SSSR count). The van der Waals surface area contributed by atoms with Crippen LogP contribution in [-0.4, -0.2) is 31.5 Å². The summed E-state index contributed by atoms with van der Waals surface area (Å²) in [7, 11) is 1.71. The van der Waals surface area contributed by atoms with Gasteiger partial charge in [0, 0.05) is 29.8 Å². The zero-order valence-corrected chi connectivity index (χ0v) is 12.7. The molecule has 3 nitrogen and oxygen atoms in total. The van der Waals surface area contributed by atoms with Crippen molar-refractivity contribution in [3.63, 3.8) is 0 Å². The second-order valence-corrected chi connectivity index (χ2v) is 5.48. The molecule has 100 valence electrons. The average Bonchev–Trinajstić information content (AvgIpc) is 2.35. The van der Waals surface area contributed by atoms with E-state index in [1.165, 1.54) is 0 Å². The molecule has 1 atom stereocenters. The van der Waals surface area contributed by atoms with Crippen molar-refractivity contribution in [2.45, 2.75) is 11.8 Å². The topological polar surface area (TPSA) is 47.3 Å². The van der Waals surface area contributed by atoms with Crippen LogP contribution in [0.25, 0.3) is 0 Å². The Hall–Kier alpha value is -0.780. The number of hydrogen-bond acceptors (Lipinski definition) is 4. The summed E-state index contributed by atoms with van der Waals surface area (Å²) in [6.07, 6.45) is 2.02. The molecule has 18 heavy (non-hydrogen) atoms. The molecule has 0 saturated carbocycles. The van der Waals surface area contributed by atoms with Gasteiger partial charge < -0.3 is 15.8 Å². The Bertz CT molecular complexity index is 410. The number of methoxy groups -OCH3 is 1. The van der Waals surface area contributed by atoms with Gasteiger partial charge in [-0.1, -0.05) is 25.2 Å². The van der Waals surface area contributed by atoms with E-state index < -0.39 is 0 Å². The maximum absolute atomic E-state index is 5.81. The van der Waals surface area contributed by atoms with Crippen molar-refractivity contribution in [2.24, 2.45) is 11.7 Å². The van der Waals surface area contributed by atoms with E-state index in [1.54, 1.807) is 18.9 Å². The van der Waals surface area contributed by atoms with Crippen LogP contribution >= 0.6 is 24.0 Å². The van der Waals surface area contributed by atoms with Crippen LogP contribution in [0.1, 0.15) is 12.5 Å². The fourth-order valence-corrected chi connectivity index (χ4v) is 2.65. The molecule has 0 fully saturated rings. The van der Waals surface area contributed by atoms with Gasteiger partial charge in [-0.3, -0.25) is 0 Å². The molecule has 1 unspecified atom stereocenters. The lowest BCUT2D eigenvalue weighted by molar-refractivity contribution is 0.164. The number of nitrogens with two attached hydrogens (primary N) is 1. The van der Waals surface area contributed by atoms with Crippen molar-refractivity contribution in [2.75, 3.05) is 31.8 Å². The molecule has 1 aromatic rings. The highest BCUT2D eigenvalue weighted by Crippen LogP contribution is 2.27. The van der Waals surface area contributed by atoms with Gasteiger partial charge in [0.25, 0.3) is 0 Å². The van der Waals surface area contributed by atoms with Gasteiger partial charge in [0.1, 0.15) is 4.99 Å². The van der Waals surface area contributed by atoms with Crippen LogP contribution in [0.3, 0.4) is 0 Å². The number of nitrogens with one attached hydrogen (secondary N) is 1. The smallest absolute Gasteiger partial charge is 0.107 e. The fraction of sp³-hybridized carbons (Fsp3) is 0.462. The highest BCUT2D eigenvalue weighted by molar-refractivity contribution is 7.98. The van der Waals surface area contributed by atoms with E-state index in [4.69, 9.17) is 22.7 Å². The second kappa shape index (κ2) is 7.61. The van der Waals surface area contributed by atoms with Gasteiger partial charge in [0.15, 0.2) is 0 Å². The minimum absolute atomic E-state index is 0.432. The maximum atomic E-state index is 5.81.